The van der Waals surface area contributed by atoms with Crippen LogP contribution in [0.15, 0.2) is 0 Å². The Hall–Kier alpha value is -0.570. The summed E-state index contributed by atoms with van der Waals surface area (Å²) in [6, 6.07) is 1.34. The third-order valence-corrected chi connectivity index (χ3v) is 5.17. The first-order chi connectivity index (χ1) is 9.33. The Kier molecular flexibility index (Phi) is 4.42. The number of nitrogens with one attached hydrogen (secondary N) is 1. The molecule has 0 atom stereocenters. The zero-order valence-corrected chi connectivity index (χ0v) is 12.1. The molecule has 0 aromatic heterocycles. The summed E-state index contributed by atoms with van der Waals surface area (Å²) >= 11 is 0. The molecule has 1 aliphatic heterocycles. The van der Waals surface area contributed by atoms with Gasteiger partial charge in [0.1, 0.15) is 0 Å². The lowest BCUT2D eigenvalue weighted by Crippen LogP contribution is -2.46. The number of hydrogen-bond acceptors (Lipinski definition) is 2. The number of piperidine rings is 1. The predicted molar refractivity (Wildman–Crippen MR) is 77.0 cm³/mol. The van der Waals surface area contributed by atoms with Crippen LogP contribution in [0.2, 0.25) is 0 Å². The molecule has 1 amide bonds. The van der Waals surface area contributed by atoms with Gasteiger partial charge in [0, 0.05) is 31.1 Å². The van der Waals surface area contributed by atoms with Gasteiger partial charge in [0.15, 0.2) is 0 Å². The van der Waals surface area contributed by atoms with Gasteiger partial charge in [-0.1, -0.05) is 25.7 Å². The van der Waals surface area contributed by atoms with E-state index < -0.39 is 0 Å². The second kappa shape index (κ2) is 6.25. The van der Waals surface area contributed by atoms with Crippen molar-refractivity contribution in [1.82, 2.24) is 10.2 Å². The van der Waals surface area contributed by atoms with Gasteiger partial charge in [-0.15, -0.1) is 0 Å². The van der Waals surface area contributed by atoms with Gasteiger partial charge in [0.2, 0.25) is 5.91 Å². The van der Waals surface area contributed by atoms with Crippen LogP contribution in [0.3, 0.4) is 0 Å². The highest BCUT2D eigenvalue weighted by Crippen LogP contribution is 2.29. The molecule has 108 valence electrons. The molecule has 0 bridgehead atoms. The van der Waals surface area contributed by atoms with Crippen LogP contribution in [0.4, 0.5) is 0 Å². The van der Waals surface area contributed by atoms with E-state index in [4.69, 9.17) is 0 Å². The van der Waals surface area contributed by atoms with Gasteiger partial charge in [0.05, 0.1) is 0 Å². The smallest absolute Gasteiger partial charge is 0.223 e. The average molecular weight is 264 g/mol. The third kappa shape index (κ3) is 3.71. The quantitative estimate of drug-likeness (QED) is 0.795. The Morgan fingerprint density at radius 2 is 1.47 bits per heavy atom. The molecule has 3 rings (SSSR count). The van der Waals surface area contributed by atoms with Crippen molar-refractivity contribution in [2.45, 2.75) is 76.3 Å². The van der Waals surface area contributed by atoms with Crippen molar-refractivity contribution in [3.63, 3.8) is 0 Å². The van der Waals surface area contributed by atoms with Crippen molar-refractivity contribution in [1.29, 1.82) is 0 Å². The molecule has 1 heterocycles. The molecule has 2 aliphatic carbocycles. The maximum Gasteiger partial charge on any atom is 0.223 e. The lowest BCUT2D eigenvalue weighted by Gasteiger charge is -2.33. The number of carbonyl (C=O) groups is 1. The molecule has 19 heavy (non-hydrogen) atoms. The summed E-state index contributed by atoms with van der Waals surface area (Å²) in [6.45, 7) is 2.39. The standard InChI is InChI=1S/C16H28N2O/c19-16(13-5-3-1-2-4-6-13)17-14-9-11-18(12-10-14)15-7-8-15/h13-15H,1-12H2,(H,17,19). The van der Waals surface area contributed by atoms with E-state index >= 15 is 0 Å². The minimum atomic E-state index is 0.309. The summed E-state index contributed by atoms with van der Waals surface area (Å²) in [5.74, 6) is 0.663. The van der Waals surface area contributed by atoms with E-state index in [9.17, 15) is 4.79 Å². The highest BCUT2D eigenvalue weighted by Gasteiger charge is 2.32. The fraction of sp³-hybridized carbons (Fsp3) is 0.938. The van der Waals surface area contributed by atoms with Gasteiger partial charge >= 0.3 is 0 Å². The lowest BCUT2D eigenvalue weighted by molar-refractivity contribution is -0.126. The summed E-state index contributed by atoms with van der Waals surface area (Å²) in [4.78, 5) is 14.9. The van der Waals surface area contributed by atoms with Crippen molar-refractivity contribution in [2.75, 3.05) is 13.1 Å². The van der Waals surface area contributed by atoms with Crippen molar-refractivity contribution in [3.05, 3.63) is 0 Å². The molecule has 3 heteroatoms. The van der Waals surface area contributed by atoms with Crippen LogP contribution >= 0.6 is 0 Å². The van der Waals surface area contributed by atoms with Crippen LogP contribution < -0.4 is 5.32 Å². The van der Waals surface area contributed by atoms with Gasteiger partial charge in [-0.25, -0.2) is 0 Å². The largest absolute Gasteiger partial charge is 0.353 e. The normalized spacial score (nSPS) is 28.0. The zero-order valence-electron chi connectivity index (χ0n) is 12.1. The van der Waals surface area contributed by atoms with E-state index in [1.807, 2.05) is 0 Å². The first-order valence-electron chi connectivity index (χ1n) is 8.37. The molecule has 2 saturated carbocycles. The minimum absolute atomic E-state index is 0.309. The van der Waals surface area contributed by atoms with E-state index in [0.29, 0.717) is 17.9 Å². The summed E-state index contributed by atoms with van der Waals surface area (Å²) in [5.41, 5.74) is 0. The highest BCUT2D eigenvalue weighted by molar-refractivity contribution is 5.78. The van der Waals surface area contributed by atoms with E-state index in [1.165, 1.54) is 51.6 Å². The van der Waals surface area contributed by atoms with Crippen LogP contribution in [0.25, 0.3) is 0 Å². The Morgan fingerprint density at radius 3 is 2.05 bits per heavy atom. The summed E-state index contributed by atoms with van der Waals surface area (Å²) < 4.78 is 0. The van der Waals surface area contributed by atoms with Gasteiger partial charge < -0.3 is 10.2 Å². The van der Waals surface area contributed by atoms with E-state index in [2.05, 4.69) is 10.2 Å². The lowest BCUT2D eigenvalue weighted by atomic mass is 9.97. The molecule has 3 aliphatic rings. The van der Waals surface area contributed by atoms with Crippen molar-refractivity contribution in [2.24, 2.45) is 5.92 Å². The Morgan fingerprint density at radius 1 is 0.842 bits per heavy atom. The summed E-state index contributed by atoms with van der Waals surface area (Å²) in [7, 11) is 0. The number of nitrogens with zero attached hydrogens (tertiary/aromatic N) is 1. The maximum atomic E-state index is 12.3. The molecule has 0 spiro atoms. The molecule has 1 saturated heterocycles. The van der Waals surface area contributed by atoms with E-state index in [-0.39, 0.29) is 0 Å². The average Bonchev–Trinajstić information content (AvgIpc) is 3.26. The van der Waals surface area contributed by atoms with Crippen LogP contribution in [0, 0.1) is 5.92 Å². The SMILES string of the molecule is O=C(NC1CCN(C2CC2)CC1)C1CCCCCC1. The second-order valence-electron chi connectivity index (χ2n) is 6.74. The molecular formula is C16H28N2O. The molecule has 3 fully saturated rings. The van der Waals surface area contributed by atoms with Crippen molar-refractivity contribution in [3.8, 4) is 0 Å². The second-order valence-corrected chi connectivity index (χ2v) is 6.74. The fourth-order valence-corrected chi connectivity index (χ4v) is 3.71. The number of carbonyl (C=O) groups excluding carboxylic acids is 1. The van der Waals surface area contributed by atoms with Crippen LogP contribution in [-0.2, 0) is 4.79 Å². The zero-order chi connectivity index (χ0) is 13.1. The predicted octanol–water partition coefficient (Wildman–Crippen LogP) is 2.70. The molecule has 0 unspecified atom stereocenters. The number of amides is 1. The first kappa shape index (κ1) is 13.4. The van der Waals surface area contributed by atoms with Crippen molar-refractivity contribution < 1.29 is 4.79 Å². The fourth-order valence-electron chi connectivity index (χ4n) is 3.71. The number of rotatable bonds is 3. The highest BCUT2D eigenvalue weighted by atomic mass is 16.1. The minimum Gasteiger partial charge on any atom is -0.353 e. The molecule has 0 radical (unpaired) electrons. The Balaban J connectivity index is 1.41. The first-order valence-corrected chi connectivity index (χ1v) is 8.37. The van der Waals surface area contributed by atoms with Gasteiger partial charge in [-0.2, -0.15) is 0 Å². The van der Waals surface area contributed by atoms with Gasteiger partial charge in [-0.05, 0) is 38.5 Å². The van der Waals surface area contributed by atoms with E-state index in [0.717, 1.165) is 31.7 Å². The van der Waals surface area contributed by atoms with E-state index in [1.54, 1.807) is 0 Å². The molecule has 0 aromatic rings. The molecule has 1 N–H and O–H groups in total. The third-order valence-electron chi connectivity index (χ3n) is 5.17. The summed E-state index contributed by atoms with van der Waals surface area (Å²) in [5, 5.41) is 3.33. The Labute approximate surface area is 117 Å². The molecule has 0 aromatic carbocycles. The van der Waals surface area contributed by atoms with Gasteiger partial charge in [-0.3, -0.25) is 4.79 Å². The van der Waals surface area contributed by atoms with Crippen LogP contribution in [0.1, 0.15) is 64.2 Å². The van der Waals surface area contributed by atoms with Crippen LogP contribution in [-0.4, -0.2) is 36.0 Å². The topological polar surface area (TPSA) is 32.3 Å². The summed E-state index contributed by atoms with van der Waals surface area (Å²) in [6.07, 6.45) is 12.5. The Bertz CT molecular complexity index is 298. The number of hydrogen-bond donors (Lipinski definition) is 1. The monoisotopic (exact) mass is 264 g/mol. The van der Waals surface area contributed by atoms with Gasteiger partial charge in [0.25, 0.3) is 0 Å². The van der Waals surface area contributed by atoms with Crippen LogP contribution in [0.5, 0.6) is 0 Å². The molecular weight excluding hydrogens is 236 g/mol. The number of likely N-dealkylation sites (tertiary alicyclic amines) is 1. The van der Waals surface area contributed by atoms with Crippen molar-refractivity contribution >= 4 is 5.91 Å². The maximum absolute atomic E-state index is 12.3. The molecule has 3 nitrogen and oxygen atoms in total.